The van der Waals surface area contributed by atoms with E-state index in [0.717, 1.165) is 12.2 Å². The van der Waals surface area contributed by atoms with Crippen molar-refractivity contribution in [3.63, 3.8) is 0 Å². The van der Waals surface area contributed by atoms with Gasteiger partial charge in [0, 0.05) is 6.07 Å². The van der Waals surface area contributed by atoms with Crippen molar-refractivity contribution in [2.24, 2.45) is 0 Å². The second-order valence-electron chi connectivity index (χ2n) is 3.79. The van der Waals surface area contributed by atoms with Crippen LogP contribution < -0.4 is 4.74 Å². The number of rotatable bonds is 0. The summed E-state index contributed by atoms with van der Waals surface area (Å²) in [6.45, 7) is 4.25. The Morgan fingerprint density at radius 2 is 2.15 bits per heavy atom. The lowest BCUT2D eigenvalue weighted by molar-refractivity contribution is 0.179. The average molecular weight is 178 g/mol. The number of aromatic hydroxyl groups is 1. The summed E-state index contributed by atoms with van der Waals surface area (Å²) in [5.74, 6) is 1.64. The fraction of sp³-hybridized carbons (Fsp3) is 0.455. The third kappa shape index (κ3) is 1.48. The number of hydrogen-bond acceptors (Lipinski definition) is 2. The molecule has 2 nitrogen and oxygen atoms in total. The zero-order valence-electron chi connectivity index (χ0n) is 7.95. The van der Waals surface area contributed by atoms with Gasteiger partial charge in [-0.15, -0.1) is 0 Å². The molecule has 0 radical (unpaired) electrons. The normalized spacial score (nSPS) is 26.3. The lowest BCUT2D eigenvalue weighted by Crippen LogP contribution is -2.21. The number of hydrogen-bond donors (Lipinski definition) is 1. The molecule has 0 fully saturated rings. The molecule has 0 aromatic heterocycles. The Kier molecular flexibility index (Phi) is 1.91. The van der Waals surface area contributed by atoms with Crippen LogP contribution >= 0.6 is 0 Å². The molecule has 13 heavy (non-hydrogen) atoms. The highest BCUT2D eigenvalue weighted by Gasteiger charge is 2.22. The van der Waals surface area contributed by atoms with E-state index in [0.29, 0.717) is 5.92 Å². The van der Waals surface area contributed by atoms with E-state index in [-0.39, 0.29) is 11.9 Å². The molecule has 0 spiro atoms. The maximum absolute atomic E-state index is 9.28. The summed E-state index contributed by atoms with van der Waals surface area (Å²) in [7, 11) is 0. The third-order valence-corrected chi connectivity index (χ3v) is 2.54. The van der Waals surface area contributed by atoms with Gasteiger partial charge in [0.1, 0.15) is 11.5 Å². The fourth-order valence-corrected chi connectivity index (χ4v) is 1.92. The van der Waals surface area contributed by atoms with Crippen molar-refractivity contribution in [2.45, 2.75) is 32.3 Å². The zero-order valence-corrected chi connectivity index (χ0v) is 7.95. The average Bonchev–Trinajstić information content (AvgIpc) is 2.02. The van der Waals surface area contributed by atoms with Crippen LogP contribution in [-0.2, 0) is 0 Å². The molecule has 1 aliphatic rings. The smallest absolute Gasteiger partial charge is 0.126 e. The topological polar surface area (TPSA) is 29.5 Å². The van der Waals surface area contributed by atoms with Crippen LogP contribution in [0.4, 0.5) is 0 Å². The Hall–Kier alpha value is -1.18. The molecule has 2 unspecified atom stereocenters. The number of phenolic OH excluding ortho intramolecular Hbond substituents is 1. The van der Waals surface area contributed by atoms with Crippen molar-refractivity contribution in [3.8, 4) is 11.5 Å². The predicted octanol–water partition coefficient (Wildman–Crippen LogP) is 2.67. The van der Waals surface area contributed by atoms with Gasteiger partial charge < -0.3 is 9.84 Å². The van der Waals surface area contributed by atoms with Gasteiger partial charge in [0.25, 0.3) is 0 Å². The first-order valence-corrected chi connectivity index (χ1v) is 4.66. The van der Waals surface area contributed by atoms with Gasteiger partial charge in [0.05, 0.1) is 6.10 Å². The first kappa shape index (κ1) is 8.42. The van der Waals surface area contributed by atoms with E-state index >= 15 is 0 Å². The minimum absolute atomic E-state index is 0.254. The van der Waals surface area contributed by atoms with Crippen molar-refractivity contribution in [1.82, 2.24) is 0 Å². The number of ether oxygens (including phenoxy) is 1. The molecule has 1 heterocycles. The highest BCUT2D eigenvalue weighted by Crippen LogP contribution is 2.37. The largest absolute Gasteiger partial charge is 0.508 e. The maximum atomic E-state index is 9.28. The molecule has 1 N–H and O–H groups in total. The van der Waals surface area contributed by atoms with E-state index in [9.17, 15) is 5.11 Å². The van der Waals surface area contributed by atoms with E-state index in [4.69, 9.17) is 4.74 Å². The quantitative estimate of drug-likeness (QED) is 0.661. The zero-order chi connectivity index (χ0) is 9.42. The maximum Gasteiger partial charge on any atom is 0.126 e. The third-order valence-electron chi connectivity index (χ3n) is 2.54. The molecule has 2 atom stereocenters. The van der Waals surface area contributed by atoms with Gasteiger partial charge in [-0.2, -0.15) is 0 Å². The summed E-state index contributed by atoms with van der Waals surface area (Å²) in [6, 6.07) is 5.36. The Morgan fingerprint density at radius 3 is 2.92 bits per heavy atom. The van der Waals surface area contributed by atoms with Gasteiger partial charge in [0.15, 0.2) is 0 Å². The minimum Gasteiger partial charge on any atom is -0.508 e. The molecule has 0 amide bonds. The highest BCUT2D eigenvalue weighted by atomic mass is 16.5. The van der Waals surface area contributed by atoms with Gasteiger partial charge in [-0.25, -0.2) is 0 Å². The molecule has 0 saturated heterocycles. The van der Waals surface area contributed by atoms with E-state index < -0.39 is 0 Å². The molecule has 1 aromatic carbocycles. The monoisotopic (exact) mass is 178 g/mol. The van der Waals surface area contributed by atoms with E-state index in [2.05, 4.69) is 13.8 Å². The highest BCUT2D eigenvalue weighted by molar-refractivity contribution is 5.43. The molecule has 0 bridgehead atoms. The van der Waals surface area contributed by atoms with Crippen LogP contribution in [0.5, 0.6) is 11.5 Å². The molecule has 1 aromatic rings. The van der Waals surface area contributed by atoms with Crippen molar-refractivity contribution in [2.75, 3.05) is 0 Å². The van der Waals surface area contributed by atoms with Crippen LogP contribution in [0.3, 0.4) is 0 Å². The second-order valence-corrected chi connectivity index (χ2v) is 3.79. The summed E-state index contributed by atoms with van der Waals surface area (Å²) in [4.78, 5) is 0. The Bertz CT molecular complexity index is 320. The van der Waals surface area contributed by atoms with Crippen molar-refractivity contribution < 1.29 is 9.84 Å². The summed E-state index contributed by atoms with van der Waals surface area (Å²) in [5.41, 5.74) is 1.20. The van der Waals surface area contributed by atoms with Crippen LogP contribution in [0.2, 0.25) is 0 Å². The molecule has 70 valence electrons. The first-order valence-electron chi connectivity index (χ1n) is 4.66. The molecule has 0 saturated carbocycles. The standard InChI is InChI=1S/C11H14O2/c1-7-5-8(2)13-11-6-9(12)3-4-10(7)11/h3-4,6-8,12H,5H2,1-2H3. The van der Waals surface area contributed by atoms with Crippen LogP contribution in [0, 0.1) is 0 Å². The molecular weight excluding hydrogens is 164 g/mol. The fourth-order valence-electron chi connectivity index (χ4n) is 1.92. The van der Waals surface area contributed by atoms with Crippen molar-refractivity contribution >= 4 is 0 Å². The van der Waals surface area contributed by atoms with Gasteiger partial charge in [-0.3, -0.25) is 0 Å². The second kappa shape index (κ2) is 2.95. The van der Waals surface area contributed by atoms with Crippen LogP contribution in [0.1, 0.15) is 31.7 Å². The van der Waals surface area contributed by atoms with Crippen molar-refractivity contribution in [1.29, 1.82) is 0 Å². The summed E-state index contributed by atoms with van der Waals surface area (Å²) >= 11 is 0. The van der Waals surface area contributed by atoms with Crippen molar-refractivity contribution in [3.05, 3.63) is 23.8 Å². The van der Waals surface area contributed by atoms with Crippen LogP contribution in [0.15, 0.2) is 18.2 Å². The first-order chi connectivity index (χ1) is 6.16. The Morgan fingerprint density at radius 1 is 1.38 bits per heavy atom. The Labute approximate surface area is 78.2 Å². The summed E-state index contributed by atoms with van der Waals surface area (Å²) in [5, 5.41) is 9.28. The molecule has 1 aliphatic heterocycles. The number of benzene rings is 1. The SMILES string of the molecule is CC1CC(C)c2ccc(O)cc2O1. The minimum atomic E-state index is 0.254. The lowest BCUT2D eigenvalue weighted by atomic mass is 9.92. The van der Waals surface area contributed by atoms with E-state index in [1.54, 1.807) is 12.1 Å². The number of phenols is 1. The van der Waals surface area contributed by atoms with Gasteiger partial charge in [0.2, 0.25) is 0 Å². The molecule has 2 heteroatoms. The number of fused-ring (bicyclic) bond motifs is 1. The van der Waals surface area contributed by atoms with Gasteiger partial charge in [-0.1, -0.05) is 13.0 Å². The predicted molar refractivity (Wildman–Crippen MR) is 51.2 cm³/mol. The van der Waals surface area contributed by atoms with E-state index in [1.807, 2.05) is 6.07 Å². The molecule has 2 rings (SSSR count). The van der Waals surface area contributed by atoms with Gasteiger partial charge in [-0.05, 0) is 30.9 Å². The van der Waals surface area contributed by atoms with Gasteiger partial charge >= 0.3 is 0 Å². The van der Waals surface area contributed by atoms with Crippen LogP contribution in [0.25, 0.3) is 0 Å². The lowest BCUT2D eigenvalue weighted by Gasteiger charge is -2.28. The summed E-state index contributed by atoms with van der Waals surface area (Å²) in [6.07, 6.45) is 1.31. The summed E-state index contributed by atoms with van der Waals surface area (Å²) < 4.78 is 5.62. The molecule has 0 aliphatic carbocycles. The van der Waals surface area contributed by atoms with E-state index in [1.165, 1.54) is 5.56 Å². The Balaban J connectivity index is 2.43. The molecular formula is C11H14O2. The van der Waals surface area contributed by atoms with Crippen LogP contribution in [-0.4, -0.2) is 11.2 Å².